The fraction of sp³-hybridized carbons (Fsp3) is 0.423. The van der Waals surface area contributed by atoms with Crippen molar-refractivity contribution in [1.82, 2.24) is 0 Å². The van der Waals surface area contributed by atoms with Crippen molar-refractivity contribution in [2.75, 3.05) is 23.7 Å². The third-order valence-electron chi connectivity index (χ3n) is 8.74. The lowest BCUT2D eigenvalue weighted by Crippen LogP contribution is -1.98. The summed E-state index contributed by atoms with van der Waals surface area (Å²) in [6.45, 7) is 13.0. The number of unbranched alkanes of at least 4 members (excludes halogenated alkanes) is 8. The van der Waals surface area contributed by atoms with Crippen LogP contribution in [0, 0.1) is 0 Å². The summed E-state index contributed by atoms with van der Waals surface area (Å²) in [4.78, 5) is 0. The monoisotopic (exact) mass is 729 g/mol. The molecule has 0 aliphatic heterocycles. The lowest BCUT2D eigenvalue weighted by atomic mass is 10.1. The molecule has 0 aromatic heterocycles. The summed E-state index contributed by atoms with van der Waals surface area (Å²) in [5.41, 5.74) is 6.84. The van der Waals surface area contributed by atoms with Crippen molar-refractivity contribution in [2.24, 2.45) is 0 Å². The maximum absolute atomic E-state index is 3.29. The molecular weight excluding hydrogens is 653 g/mol. The van der Waals surface area contributed by atoms with Gasteiger partial charge in [-0.1, -0.05) is 206 Å². The summed E-state index contributed by atoms with van der Waals surface area (Å²) in [5.74, 6) is 0. The molecule has 0 heterocycles. The Bertz CT molecular complexity index is 1360. The average molecular weight is 729 g/mol. The van der Waals surface area contributed by atoms with E-state index in [1.54, 1.807) is 0 Å². The Morgan fingerprint density at radius 1 is 0.296 bits per heavy atom. The number of rotatable bonds is 19. The van der Waals surface area contributed by atoms with E-state index >= 15 is 0 Å². The van der Waals surface area contributed by atoms with Gasteiger partial charge in [0.05, 0.1) is 0 Å². The molecule has 294 valence electrons. The summed E-state index contributed by atoms with van der Waals surface area (Å²) in [5, 5.41) is 6.50. The van der Waals surface area contributed by atoms with Crippen LogP contribution in [-0.2, 0) is 19.3 Å². The van der Waals surface area contributed by atoms with Crippen molar-refractivity contribution in [2.45, 2.75) is 131 Å². The number of nitrogens with one attached hydrogen (secondary N) is 2. The van der Waals surface area contributed by atoms with Crippen LogP contribution in [0.3, 0.4) is 0 Å². The number of anilines is 2. The largest absolute Gasteiger partial charge is 0.385 e. The van der Waals surface area contributed by atoms with Crippen molar-refractivity contribution in [3.05, 3.63) is 168 Å². The molecule has 0 aliphatic rings. The highest BCUT2D eigenvalue weighted by Gasteiger charge is 1.93. The Kier molecular flexibility index (Phi) is 32.7. The Hall–Kier alpha value is -4.30. The van der Waals surface area contributed by atoms with E-state index in [1.165, 1.54) is 124 Å². The van der Waals surface area contributed by atoms with E-state index in [1.807, 2.05) is 36.4 Å². The molecule has 5 rings (SSSR count). The van der Waals surface area contributed by atoms with E-state index in [4.69, 9.17) is 0 Å². The second-order valence-electron chi connectivity index (χ2n) is 13.7. The van der Waals surface area contributed by atoms with Crippen LogP contribution in [0.1, 0.15) is 128 Å². The maximum Gasteiger partial charge on any atom is 0.0340 e. The normalized spacial score (nSPS) is 9.72. The summed E-state index contributed by atoms with van der Waals surface area (Å²) >= 11 is 0. The van der Waals surface area contributed by atoms with Crippen LogP contribution in [0.5, 0.6) is 0 Å². The Morgan fingerprint density at radius 3 is 0.926 bits per heavy atom. The van der Waals surface area contributed by atoms with Gasteiger partial charge in [0, 0.05) is 24.5 Å². The predicted octanol–water partition coefficient (Wildman–Crippen LogP) is 15.7. The third-order valence-corrected chi connectivity index (χ3v) is 8.74. The molecule has 2 heteroatoms. The first-order chi connectivity index (χ1) is 26.7. The van der Waals surface area contributed by atoms with Gasteiger partial charge in [0.15, 0.2) is 0 Å². The zero-order valence-corrected chi connectivity index (χ0v) is 35.0. The minimum absolute atomic E-state index is 0.990. The molecule has 0 bridgehead atoms. The minimum atomic E-state index is 0.990. The Labute approximate surface area is 333 Å². The highest BCUT2D eigenvalue weighted by molar-refractivity contribution is 5.42. The molecule has 2 N–H and O–H groups in total. The molecule has 2 nitrogen and oxygen atoms in total. The number of hydrogen-bond donors (Lipinski definition) is 2. The first kappa shape index (κ1) is 47.7. The van der Waals surface area contributed by atoms with Crippen LogP contribution in [-0.4, -0.2) is 13.1 Å². The first-order valence-electron chi connectivity index (χ1n) is 21.4. The average Bonchev–Trinajstić information content (AvgIpc) is 3.23. The number of para-hydroxylation sites is 2. The highest BCUT2D eigenvalue weighted by Crippen LogP contribution is 2.09. The van der Waals surface area contributed by atoms with E-state index < -0.39 is 0 Å². The molecular formula is C52H76N2. The first-order valence-corrected chi connectivity index (χ1v) is 21.4. The lowest BCUT2D eigenvalue weighted by Gasteiger charge is -2.01. The van der Waals surface area contributed by atoms with Gasteiger partial charge in [0.1, 0.15) is 0 Å². The smallest absolute Gasteiger partial charge is 0.0340 e. The van der Waals surface area contributed by atoms with E-state index in [-0.39, 0.29) is 0 Å². The second kappa shape index (κ2) is 37.0. The van der Waals surface area contributed by atoms with E-state index in [0.717, 1.165) is 13.1 Å². The molecule has 0 aliphatic carbocycles. The molecule has 0 saturated carbocycles. The zero-order chi connectivity index (χ0) is 39.0. The quantitative estimate of drug-likeness (QED) is 0.0827. The highest BCUT2D eigenvalue weighted by atomic mass is 14.9. The predicted molar refractivity (Wildman–Crippen MR) is 244 cm³/mol. The van der Waals surface area contributed by atoms with Crippen LogP contribution >= 0.6 is 0 Å². The van der Waals surface area contributed by atoms with Crippen molar-refractivity contribution in [3.63, 3.8) is 0 Å². The van der Waals surface area contributed by atoms with Crippen LogP contribution in [0.2, 0.25) is 0 Å². The lowest BCUT2D eigenvalue weighted by molar-refractivity contribution is 0.632. The standard InChI is InChI=1S/C13H20.2C11H16.C9H13N.C8H11N/c1-2-3-4-5-7-10-13-11-8-6-9-12-13;2*1-2-3-5-8-11-9-6-4-7-10-11;1-2-8-10-9-6-4-3-5-7-9;1-2-9-8-6-4-3-5-7-8/h6,8-9,11-12H,2-5,7,10H2,1H3;2*4,6-7,9-10H,2-3,5,8H2,1H3;3-7,10H,2,8H2,1H3;3-7,9H,2H2,1H3. The third kappa shape index (κ3) is 29.2. The Morgan fingerprint density at radius 2 is 0.593 bits per heavy atom. The number of hydrogen-bond acceptors (Lipinski definition) is 2. The number of aryl methyl sites for hydroxylation is 3. The molecule has 0 saturated heterocycles. The van der Waals surface area contributed by atoms with Gasteiger partial charge in [0.2, 0.25) is 0 Å². The van der Waals surface area contributed by atoms with E-state index in [9.17, 15) is 0 Å². The molecule has 0 amide bonds. The molecule has 54 heavy (non-hydrogen) atoms. The molecule has 0 fully saturated rings. The van der Waals surface area contributed by atoms with Gasteiger partial charge < -0.3 is 10.6 Å². The van der Waals surface area contributed by atoms with Gasteiger partial charge in [-0.2, -0.15) is 0 Å². The number of benzene rings is 5. The summed E-state index contributed by atoms with van der Waals surface area (Å²) < 4.78 is 0. The molecule has 5 aromatic carbocycles. The fourth-order valence-electron chi connectivity index (χ4n) is 5.61. The topological polar surface area (TPSA) is 24.1 Å². The summed E-state index contributed by atoms with van der Waals surface area (Å²) in [6, 6.07) is 52.6. The van der Waals surface area contributed by atoms with Gasteiger partial charge in [-0.05, 0) is 92.8 Å². The van der Waals surface area contributed by atoms with Gasteiger partial charge >= 0.3 is 0 Å². The molecule has 5 aromatic rings. The van der Waals surface area contributed by atoms with Crippen LogP contribution in [0.25, 0.3) is 0 Å². The molecule has 0 radical (unpaired) electrons. The molecule has 0 spiro atoms. The Balaban J connectivity index is 0.000000339. The van der Waals surface area contributed by atoms with Crippen molar-refractivity contribution >= 4 is 11.4 Å². The maximum atomic E-state index is 3.29. The van der Waals surface area contributed by atoms with Crippen molar-refractivity contribution in [1.29, 1.82) is 0 Å². The van der Waals surface area contributed by atoms with E-state index in [2.05, 4.69) is 161 Å². The zero-order valence-electron chi connectivity index (χ0n) is 35.0. The van der Waals surface area contributed by atoms with Crippen LogP contribution in [0.15, 0.2) is 152 Å². The van der Waals surface area contributed by atoms with Crippen molar-refractivity contribution in [3.8, 4) is 0 Å². The van der Waals surface area contributed by atoms with Crippen LogP contribution in [0.4, 0.5) is 11.4 Å². The van der Waals surface area contributed by atoms with Gasteiger partial charge in [0.25, 0.3) is 0 Å². The SMILES string of the molecule is CCCCCCCc1ccccc1.CCCCCc1ccccc1.CCCCCc1ccccc1.CCCNc1ccccc1.CCNc1ccccc1. The summed E-state index contributed by atoms with van der Waals surface area (Å²) in [7, 11) is 0. The van der Waals surface area contributed by atoms with E-state index in [0.29, 0.717) is 0 Å². The molecule has 0 atom stereocenters. The molecule has 0 unspecified atom stereocenters. The van der Waals surface area contributed by atoms with Crippen molar-refractivity contribution < 1.29 is 0 Å². The van der Waals surface area contributed by atoms with Gasteiger partial charge in [-0.3, -0.25) is 0 Å². The van der Waals surface area contributed by atoms with Gasteiger partial charge in [-0.15, -0.1) is 0 Å². The summed E-state index contributed by atoms with van der Waals surface area (Å²) in [6.07, 6.45) is 19.8. The van der Waals surface area contributed by atoms with Gasteiger partial charge in [-0.25, -0.2) is 0 Å². The minimum Gasteiger partial charge on any atom is -0.385 e. The second-order valence-corrected chi connectivity index (χ2v) is 13.7. The fourth-order valence-corrected chi connectivity index (χ4v) is 5.61. The van der Waals surface area contributed by atoms with Crippen LogP contribution < -0.4 is 10.6 Å².